The van der Waals surface area contributed by atoms with Crippen LogP contribution in [0.25, 0.3) is 0 Å². The molecule has 0 aliphatic rings. The van der Waals surface area contributed by atoms with Crippen molar-refractivity contribution in [3.05, 3.63) is 50.6 Å². The Morgan fingerprint density at radius 3 is 2.56 bits per heavy atom. The molecule has 2 rings (SSSR count). The number of carbonyl (C=O) groups excluding carboxylic acids is 3. The van der Waals surface area contributed by atoms with Crippen molar-refractivity contribution in [3.63, 3.8) is 0 Å². The number of esters is 1. The smallest absolute Gasteiger partial charge is 0.329 e. The Hall–Kier alpha value is -2.19. The van der Waals surface area contributed by atoms with E-state index in [0.717, 1.165) is 10.0 Å². The number of halogens is 1. The summed E-state index contributed by atoms with van der Waals surface area (Å²) in [5, 5.41) is 7.12. The minimum Gasteiger partial charge on any atom is -0.454 e. The Balaban J connectivity index is 1.89. The van der Waals surface area contributed by atoms with Gasteiger partial charge in [0.1, 0.15) is 6.04 Å². The van der Waals surface area contributed by atoms with Crippen molar-refractivity contribution in [1.29, 1.82) is 0 Å². The highest BCUT2D eigenvalue weighted by molar-refractivity contribution is 9.10. The first-order chi connectivity index (χ1) is 12.8. The van der Waals surface area contributed by atoms with Gasteiger partial charge in [-0.1, -0.05) is 35.8 Å². The number of aryl methyl sites for hydroxylation is 1. The Morgan fingerprint density at radius 2 is 1.96 bits per heavy atom. The summed E-state index contributed by atoms with van der Waals surface area (Å²) in [6, 6.07) is 7.98. The molecule has 2 aromatic rings. The lowest BCUT2D eigenvalue weighted by Gasteiger charge is -2.20. The van der Waals surface area contributed by atoms with Gasteiger partial charge in [-0.05, 0) is 48.1 Å². The van der Waals surface area contributed by atoms with Gasteiger partial charge >= 0.3 is 5.97 Å². The van der Waals surface area contributed by atoms with Crippen LogP contribution in [0.2, 0.25) is 0 Å². The normalized spacial score (nSPS) is 11.7. The molecule has 0 aliphatic carbocycles. The number of rotatable bonds is 7. The molecule has 2 N–H and O–H groups in total. The van der Waals surface area contributed by atoms with Crippen LogP contribution in [-0.2, 0) is 14.3 Å². The molecule has 27 heavy (non-hydrogen) atoms. The Labute approximate surface area is 170 Å². The molecule has 1 aromatic carbocycles. The first-order valence-electron chi connectivity index (χ1n) is 8.35. The summed E-state index contributed by atoms with van der Waals surface area (Å²) in [6.45, 7) is 5.08. The molecule has 8 heteroatoms. The molecule has 1 atom stereocenters. The van der Waals surface area contributed by atoms with E-state index < -0.39 is 24.5 Å². The first kappa shape index (κ1) is 21.1. The predicted octanol–water partition coefficient (Wildman–Crippen LogP) is 3.76. The van der Waals surface area contributed by atoms with Gasteiger partial charge in [-0.2, -0.15) is 0 Å². The Morgan fingerprint density at radius 1 is 1.22 bits per heavy atom. The quantitative estimate of drug-likeness (QED) is 0.626. The third-order valence-corrected chi connectivity index (χ3v) is 5.50. The number of benzene rings is 1. The fourth-order valence-corrected chi connectivity index (χ4v) is 3.14. The van der Waals surface area contributed by atoms with Crippen LogP contribution in [0.15, 0.2) is 40.2 Å². The van der Waals surface area contributed by atoms with Gasteiger partial charge in [0, 0.05) is 10.2 Å². The van der Waals surface area contributed by atoms with E-state index >= 15 is 0 Å². The summed E-state index contributed by atoms with van der Waals surface area (Å²) in [5.74, 6) is -1.61. The zero-order valence-electron chi connectivity index (χ0n) is 15.2. The zero-order chi connectivity index (χ0) is 20.0. The number of nitrogens with one attached hydrogen (secondary N) is 2. The van der Waals surface area contributed by atoms with Gasteiger partial charge in [0.05, 0.1) is 4.88 Å². The molecule has 0 radical (unpaired) electrons. The van der Waals surface area contributed by atoms with Crippen LogP contribution >= 0.6 is 27.3 Å². The highest BCUT2D eigenvalue weighted by Crippen LogP contribution is 2.20. The molecule has 0 bridgehead atoms. The van der Waals surface area contributed by atoms with E-state index in [0.29, 0.717) is 10.6 Å². The fourth-order valence-electron chi connectivity index (χ4n) is 2.26. The van der Waals surface area contributed by atoms with Crippen molar-refractivity contribution >= 4 is 50.7 Å². The average Bonchev–Trinajstić information content (AvgIpc) is 3.15. The number of amides is 2. The molecule has 6 nitrogen and oxygen atoms in total. The summed E-state index contributed by atoms with van der Waals surface area (Å²) in [4.78, 5) is 37.0. The van der Waals surface area contributed by atoms with Gasteiger partial charge in [-0.15, -0.1) is 11.3 Å². The molecule has 1 heterocycles. The summed E-state index contributed by atoms with van der Waals surface area (Å²) >= 11 is 4.68. The first-order valence-corrected chi connectivity index (χ1v) is 10.0. The van der Waals surface area contributed by atoms with E-state index in [4.69, 9.17) is 4.74 Å². The van der Waals surface area contributed by atoms with Crippen molar-refractivity contribution in [2.75, 3.05) is 11.9 Å². The summed E-state index contributed by atoms with van der Waals surface area (Å²) in [7, 11) is 0. The van der Waals surface area contributed by atoms with Crippen molar-refractivity contribution in [3.8, 4) is 0 Å². The molecule has 0 fully saturated rings. The van der Waals surface area contributed by atoms with Crippen molar-refractivity contribution in [2.45, 2.75) is 26.8 Å². The third-order valence-electron chi connectivity index (χ3n) is 3.74. The van der Waals surface area contributed by atoms with E-state index in [1.807, 2.05) is 19.1 Å². The van der Waals surface area contributed by atoms with Gasteiger partial charge in [-0.25, -0.2) is 4.79 Å². The van der Waals surface area contributed by atoms with Crippen molar-refractivity contribution in [2.24, 2.45) is 5.92 Å². The molecule has 0 saturated carbocycles. The van der Waals surface area contributed by atoms with Crippen LogP contribution in [0.5, 0.6) is 0 Å². The van der Waals surface area contributed by atoms with Gasteiger partial charge in [0.15, 0.2) is 6.61 Å². The molecule has 0 saturated heterocycles. The van der Waals surface area contributed by atoms with Crippen LogP contribution in [0.1, 0.15) is 29.1 Å². The number of thiophene rings is 1. The molecule has 0 aliphatic heterocycles. The summed E-state index contributed by atoms with van der Waals surface area (Å²) in [6.07, 6.45) is 0. The maximum absolute atomic E-state index is 12.3. The topological polar surface area (TPSA) is 84.5 Å². The standard InChI is InChI=1S/C19H21BrN2O4S/c1-11(2)17(22-18(24)15-5-4-8-27-15)19(25)26-10-16(23)21-13-6-7-14(20)12(3)9-13/h4-9,11,17H,10H2,1-3H3,(H,21,23)(H,22,24). The second-order valence-electron chi connectivity index (χ2n) is 6.29. The Bertz CT molecular complexity index is 821. The molecular formula is C19H21BrN2O4S. The van der Waals surface area contributed by atoms with E-state index in [1.165, 1.54) is 11.3 Å². The number of carbonyl (C=O) groups is 3. The van der Waals surface area contributed by atoms with Gasteiger partial charge < -0.3 is 15.4 Å². The van der Waals surface area contributed by atoms with Gasteiger partial charge in [0.25, 0.3) is 11.8 Å². The molecule has 2 amide bonds. The number of anilines is 1. The van der Waals surface area contributed by atoms with Crippen LogP contribution in [0, 0.1) is 12.8 Å². The number of hydrogen-bond donors (Lipinski definition) is 2. The maximum Gasteiger partial charge on any atom is 0.329 e. The third kappa shape index (κ3) is 6.18. The maximum atomic E-state index is 12.3. The Kier molecular flexibility index (Phi) is 7.55. The van der Waals surface area contributed by atoms with E-state index in [9.17, 15) is 14.4 Å². The summed E-state index contributed by atoms with van der Waals surface area (Å²) in [5.41, 5.74) is 1.59. The second kappa shape index (κ2) is 9.66. The van der Waals surface area contributed by atoms with E-state index in [-0.39, 0.29) is 11.8 Å². The van der Waals surface area contributed by atoms with Crippen LogP contribution in [-0.4, -0.2) is 30.4 Å². The van der Waals surface area contributed by atoms with Crippen molar-refractivity contribution in [1.82, 2.24) is 5.32 Å². The van der Waals surface area contributed by atoms with Crippen LogP contribution in [0.4, 0.5) is 5.69 Å². The lowest BCUT2D eigenvalue weighted by atomic mass is 10.0. The number of hydrogen-bond acceptors (Lipinski definition) is 5. The lowest BCUT2D eigenvalue weighted by Crippen LogP contribution is -2.45. The zero-order valence-corrected chi connectivity index (χ0v) is 17.6. The van der Waals surface area contributed by atoms with Crippen molar-refractivity contribution < 1.29 is 19.1 Å². The molecule has 1 aromatic heterocycles. The van der Waals surface area contributed by atoms with E-state index in [2.05, 4.69) is 26.6 Å². The second-order valence-corrected chi connectivity index (χ2v) is 8.09. The minimum absolute atomic E-state index is 0.182. The highest BCUT2D eigenvalue weighted by atomic mass is 79.9. The lowest BCUT2D eigenvalue weighted by molar-refractivity contribution is -0.150. The highest BCUT2D eigenvalue weighted by Gasteiger charge is 2.27. The average molecular weight is 453 g/mol. The SMILES string of the molecule is Cc1cc(NC(=O)COC(=O)C(NC(=O)c2cccs2)C(C)C)ccc1Br. The van der Waals surface area contributed by atoms with Gasteiger partial charge in [-0.3, -0.25) is 9.59 Å². The minimum atomic E-state index is -0.831. The molecule has 144 valence electrons. The van der Waals surface area contributed by atoms with E-state index in [1.54, 1.807) is 37.4 Å². The van der Waals surface area contributed by atoms with Gasteiger partial charge in [0.2, 0.25) is 0 Å². The van der Waals surface area contributed by atoms with Crippen LogP contribution in [0.3, 0.4) is 0 Å². The largest absolute Gasteiger partial charge is 0.454 e. The fraction of sp³-hybridized carbons (Fsp3) is 0.316. The van der Waals surface area contributed by atoms with Crippen LogP contribution < -0.4 is 10.6 Å². The molecule has 0 spiro atoms. The summed E-state index contributed by atoms with van der Waals surface area (Å²) < 4.78 is 6.04. The predicted molar refractivity (Wildman–Crippen MR) is 109 cm³/mol. The number of ether oxygens (including phenoxy) is 1. The monoisotopic (exact) mass is 452 g/mol. The molecule has 1 unspecified atom stereocenters. The molecular weight excluding hydrogens is 432 g/mol.